The lowest BCUT2D eigenvalue weighted by Crippen LogP contribution is -3.05. The average molecular weight is 442 g/mol. The van der Waals surface area contributed by atoms with Crippen LogP contribution in [0.25, 0.3) is 11.0 Å². The van der Waals surface area contributed by atoms with E-state index in [1.807, 2.05) is 36.4 Å². The third kappa shape index (κ3) is 3.27. The van der Waals surface area contributed by atoms with Crippen molar-refractivity contribution in [3.05, 3.63) is 80.1 Å². The lowest BCUT2D eigenvalue weighted by Gasteiger charge is -2.25. The van der Waals surface area contributed by atoms with Gasteiger partial charge in [0, 0.05) is 17.4 Å². The monoisotopic (exact) mass is 441 g/mol. The Morgan fingerprint density at radius 2 is 1.86 bits per heavy atom. The topological polar surface area (TPSA) is 55.0 Å². The van der Waals surface area contributed by atoms with Gasteiger partial charge >= 0.3 is 0 Å². The lowest BCUT2D eigenvalue weighted by molar-refractivity contribution is -0.858. The van der Waals surface area contributed by atoms with Crippen LogP contribution >= 0.6 is 15.9 Å². The van der Waals surface area contributed by atoms with E-state index in [9.17, 15) is 9.59 Å². The summed E-state index contributed by atoms with van der Waals surface area (Å²) in [6, 6.07) is 14.6. The largest absolute Gasteiger partial charge is 0.450 e. The molecule has 1 atom stereocenters. The van der Waals surface area contributed by atoms with E-state index in [0.29, 0.717) is 23.1 Å². The van der Waals surface area contributed by atoms with Crippen molar-refractivity contribution in [1.29, 1.82) is 0 Å². The van der Waals surface area contributed by atoms with Crippen molar-refractivity contribution in [3.63, 3.8) is 0 Å². The molecule has 3 aromatic rings. The van der Waals surface area contributed by atoms with E-state index in [0.717, 1.165) is 23.0 Å². The number of rotatable bonds is 5. The fourth-order valence-electron chi connectivity index (χ4n) is 3.81. The molecule has 0 spiro atoms. The van der Waals surface area contributed by atoms with Crippen molar-refractivity contribution in [2.24, 2.45) is 0 Å². The first kappa shape index (κ1) is 18.9. The van der Waals surface area contributed by atoms with Gasteiger partial charge in [0.05, 0.1) is 37.6 Å². The van der Waals surface area contributed by atoms with Crippen LogP contribution in [-0.4, -0.2) is 38.0 Å². The Balaban J connectivity index is 1.88. The predicted octanol–water partition coefficient (Wildman–Crippen LogP) is 2.64. The summed E-state index contributed by atoms with van der Waals surface area (Å²) >= 11 is 3.42. The number of amides is 1. The van der Waals surface area contributed by atoms with Crippen molar-refractivity contribution < 1.29 is 14.1 Å². The minimum absolute atomic E-state index is 0.138. The molecule has 2 aromatic carbocycles. The molecule has 0 saturated carbocycles. The molecule has 1 N–H and O–H groups in total. The van der Waals surface area contributed by atoms with Crippen LogP contribution < -0.4 is 10.3 Å². The Kier molecular flexibility index (Phi) is 5.08. The Morgan fingerprint density at radius 1 is 1.11 bits per heavy atom. The first-order valence-corrected chi connectivity index (χ1v) is 10.2. The first-order valence-electron chi connectivity index (χ1n) is 9.38. The van der Waals surface area contributed by atoms with Gasteiger partial charge in [-0.3, -0.25) is 9.59 Å². The zero-order chi connectivity index (χ0) is 19.8. The van der Waals surface area contributed by atoms with Gasteiger partial charge in [-0.2, -0.15) is 0 Å². The van der Waals surface area contributed by atoms with E-state index in [2.05, 4.69) is 30.0 Å². The molecule has 0 saturated heterocycles. The maximum absolute atomic E-state index is 13.4. The number of fused-ring (bicyclic) bond motifs is 2. The zero-order valence-electron chi connectivity index (χ0n) is 15.9. The highest BCUT2D eigenvalue weighted by atomic mass is 79.9. The van der Waals surface area contributed by atoms with E-state index in [1.165, 1.54) is 4.90 Å². The molecule has 2 heterocycles. The Morgan fingerprint density at radius 3 is 2.57 bits per heavy atom. The van der Waals surface area contributed by atoms with Gasteiger partial charge < -0.3 is 14.2 Å². The normalized spacial score (nSPS) is 16.2. The number of nitrogens with zero attached hydrogens (tertiary/aromatic N) is 1. The molecule has 5 nitrogen and oxygen atoms in total. The number of nitrogens with one attached hydrogen (secondary N) is 1. The van der Waals surface area contributed by atoms with Crippen LogP contribution in [0, 0.1) is 0 Å². The summed E-state index contributed by atoms with van der Waals surface area (Å²) in [4.78, 5) is 29.7. The average Bonchev–Trinajstić information content (AvgIpc) is 2.95. The van der Waals surface area contributed by atoms with Crippen molar-refractivity contribution in [2.45, 2.75) is 12.5 Å². The smallest absolute Gasteiger partial charge is 0.290 e. The number of hydrogen-bond donors (Lipinski definition) is 1. The van der Waals surface area contributed by atoms with Crippen LogP contribution in [0.3, 0.4) is 0 Å². The maximum atomic E-state index is 13.4. The predicted molar refractivity (Wildman–Crippen MR) is 112 cm³/mol. The van der Waals surface area contributed by atoms with E-state index in [1.54, 1.807) is 17.0 Å². The highest BCUT2D eigenvalue weighted by molar-refractivity contribution is 9.10. The number of carbonyl (C=O) groups is 1. The Bertz CT molecular complexity index is 1090. The van der Waals surface area contributed by atoms with Crippen LogP contribution in [0.2, 0.25) is 0 Å². The molecular formula is C22H22BrN2O3+. The third-order valence-electron chi connectivity index (χ3n) is 5.12. The number of halogens is 1. The second-order valence-corrected chi connectivity index (χ2v) is 8.35. The van der Waals surface area contributed by atoms with Crippen LogP contribution in [0.4, 0.5) is 0 Å². The van der Waals surface area contributed by atoms with E-state index in [-0.39, 0.29) is 17.1 Å². The molecule has 0 fully saturated rings. The highest BCUT2D eigenvalue weighted by Crippen LogP contribution is 2.38. The summed E-state index contributed by atoms with van der Waals surface area (Å²) in [6.45, 7) is 1.52. The number of carbonyl (C=O) groups excluding carboxylic acids is 1. The Hall–Kier alpha value is -2.44. The minimum atomic E-state index is -0.416. The van der Waals surface area contributed by atoms with Gasteiger partial charge in [0.2, 0.25) is 5.76 Å². The molecule has 1 amide bonds. The van der Waals surface area contributed by atoms with E-state index >= 15 is 0 Å². The standard InChI is InChI=1S/C22H21BrN2O3/c1-24(2)11-6-12-25-19(14-7-4-3-5-8-14)18-20(26)16-13-15(23)9-10-17(16)28-21(18)22(25)27/h3-5,7-10,13,19H,6,11-12H2,1-2H3/p+1. The zero-order valence-corrected chi connectivity index (χ0v) is 17.5. The van der Waals surface area contributed by atoms with Gasteiger partial charge in [-0.05, 0) is 23.8 Å². The van der Waals surface area contributed by atoms with Crippen LogP contribution in [0.5, 0.6) is 0 Å². The second kappa shape index (κ2) is 7.53. The minimum Gasteiger partial charge on any atom is -0.450 e. The van der Waals surface area contributed by atoms with Crippen molar-refractivity contribution in [2.75, 3.05) is 27.2 Å². The van der Waals surface area contributed by atoms with Crippen LogP contribution in [0.1, 0.15) is 34.1 Å². The Labute approximate surface area is 171 Å². The molecule has 0 aliphatic carbocycles. The summed E-state index contributed by atoms with van der Waals surface area (Å²) in [6.07, 6.45) is 0.852. The molecule has 28 heavy (non-hydrogen) atoms. The molecule has 1 aromatic heterocycles. The summed E-state index contributed by atoms with van der Waals surface area (Å²) < 4.78 is 6.75. The SMILES string of the molecule is C[NH+](C)CCCN1C(=O)c2oc3ccc(Br)cc3c(=O)c2C1c1ccccc1. The van der Waals surface area contributed by atoms with Crippen LogP contribution in [-0.2, 0) is 0 Å². The molecule has 6 heteroatoms. The van der Waals surface area contributed by atoms with Crippen molar-refractivity contribution in [1.82, 2.24) is 4.90 Å². The second-order valence-electron chi connectivity index (χ2n) is 7.44. The summed E-state index contributed by atoms with van der Waals surface area (Å²) in [7, 11) is 4.18. The molecule has 4 rings (SSSR count). The summed E-state index contributed by atoms with van der Waals surface area (Å²) in [5.41, 5.74) is 1.67. The summed E-state index contributed by atoms with van der Waals surface area (Å²) in [5.74, 6) is -0.0367. The molecule has 0 radical (unpaired) electrons. The fourth-order valence-corrected chi connectivity index (χ4v) is 4.17. The van der Waals surface area contributed by atoms with Gasteiger partial charge in [0.15, 0.2) is 5.43 Å². The molecule has 1 aliphatic rings. The van der Waals surface area contributed by atoms with E-state index in [4.69, 9.17) is 4.42 Å². The number of quaternary nitrogens is 1. The summed E-state index contributed by atoms with van der Waals surface area (Å²) in [5, 5.41) is 0.487. The molecule has 144 valence electrons. The fraction of sp³-hybridized carbons (Fsp3) is 0.273. The first-order chi connectivity index (χ1) is 13.5. The number of benzene rings is 2. The highest BCUT2D eigenvalue weighted by Gasteiger charge is 2.42. The lowest BCUT2D eigenvalue weighted by atomic mass is 9.98. The van der Waals surface area contributed by atoms with Gasteiger partial charge in [-0.15, -0.1) is 0 Å². The van der Waals surface area contributed by atoms with Crippen molar-refractivity contribution >= 4 is 32.8 Å². The molecule has 0 bridgehead atoms. The molecule has 1 unspecified atom stereocenters. The molecular weight excluding hydrogens is 420 g/mol. The van der Waals surface area contributed by atoms with Gasteiger partial charge in [-0.25, -0.2) is 0 Å². The number of hydrogen-bond acceptors (Lipinski definition) is 3. The van der Waals surface area contributed by atoms with Crippen molar-refractivity contribution in [3.8, 4) is 0 Å². The molecule has 1 aliphatic heterocycles. The third-order valence-corrected chi connectivity index (χ3v) is 5.61. The van der Waals surface area contributed by atoms with E-state index < -0.39 is 6.04 Å². The quantitative estimate of drug-likeness (QED) is 0.661. The maximum Gasteiger partial charge on any atom is 0.290 e. The van der Waals surface area contributed by atoms with Gasteiger partial charge in [-0.1, -0.05) is 46.3 Å². The van der Waals surface area contributed by atoms with Gasteiger partial charge in [0.1, 0.15) is 5.58 Å². The van der Waals surface area contributed by atoms with Crippen LogP contribution in [0.15, 0.2) is 62.2 Å². The van der Waals surface area contributed by atoms with Gasteiger partial charge in [0.25, 0.3) is 5.91 Å².